The Labute approximate surface area is 131 Å². The molecule has 0 radical (unpaired) electrons. The van der Waals surface area contributed by atoms with Crippen molar-refractivity contribution in [1.29, 1.82) is 0 Å². The quantitative estimate of drug-likeness (QED) is 0.808. The van der Waals surface area contributed by atoms with Gasteiger partial charge in [-0.05, 0) is 34.5 Å². The lowest BCUT2D eigenvalue weighted by Crippen LogP contribution is -2.18. The molecule has 2 aromatic heterocycles. The number of aromatic nitrogens is 3. The molecule has 112 valence electrons. The van der Waals surface area contributed by atoms with Crippen LogP contribution < -0.4 is 10.0 Å². The van der Waals surface area contributed by atoms with E-state index in [9.17, 15) is 8.42 Å². The molecule has 0 atom stereocenters. The predicted molar refractivity (Wildman–Crippen MR) is 83.6 cm³/mol. The summed E-state index contributed by atoms with van der Waals surface area (Å²) in [6.07, 6.45) is 5.04. The molecule has 0 fully saturated rings. The highest BCUT2D eigenvalue weighted by molar-refractivity contribution is 9.10. The summed E-state index contributed by atoms with van der Waals surface area (Å²) in [5, 5.41) is 2.97. The fourth-order valence-electron chi connectivity index (χ4n) is 1.55. The number of nitrogens with zero attached hydrogens (tertiary/aromatic N) is 3. The second kappa shape index (κ2) is 6.81. The Hall–Kier alpha value is -1.74. The molecule has 21 heavy (non-hydrogen) atoms. The third-order valence-electron chi connectivity index (χ3n) is 2.45. The third kappa shape index (κ3) is 4.11. The zero-order chi connectivity index (χ0) is 15.3. The number of halogens is 1. The van der Waals surface area contributed by atoms with Gasteiger partial charge in [-0.25, -0.2) is 15.0 Å². The highest BCUT2D eigenvalue weighted by Crippen LogP contribution is 2.20. The highest BCUT2D eigenvalue weighted by Gasteiger charge is 2.20. The molecule has 0 aliphatic carbocycles. The highest BCUT2D eigenvalue weighted by atomic mass is 79.9. The summed E-state index contributed by atoms with van der Waals surface area (Å²) in [4.78, 5) is 11.8. The number of hydrogen-bond acceptors (Lipinski definition) is 6. The molecule has 9 heteroatoms. The zero-order valence-electron chi connectivity index (χ0n) is 11.2. The number of rotatable bonds is 6. The Morgan fingerprint density at radius 3 is 2.71 bits per heavy atom. The van der Waals surface area contributed by atoms with Gasteiger partial charge in [-0.3, -0.25) is 4.72 Å². The van der Waals surface area contributed by atoms with Crippen molar-refractivity contribution in [3.05, 3.63) is 35.3 Å². The molecule has 2 rings (SSSR count). The van der Waals surface area contributed by atoms with Crippen LogP contribution in [0.4, 0.5) is 11.5 Å². The summed E-state index contributed by atoms with van der Waals surface area (Å²) in [6.45, 7) is 2.65. The molecule has 2 heterocycles. The average Bonchev–Trinajstić information content (AvgIpc) is 2.47. The second-order valence-corrected chi connectivity index (χ2v) is 6.52. The van der Waals surface area contributed by atoms with Gasteiger partial charge in [0.25, 0.3) is 10.0 Å². The van der Waals surface area contributed by atoms with Crippen LogP contribution >= 0.6 is 15.9 Å². The molecule has 0 bridgehead atoms. The molecule has 0 unspecified atom stereocenters. The van der Waals surface area contributed by atoms with E-state index < -0.39 is 10.0 Å². The van der Waals surface area contributed by atoms with Crippen molar-refractivity contribution in [2.24, 2.45) is 0 Å². The molecule has 0 aliphatic rings. The summed E-state index contributed by atoms with van der Waals surface area (Å²) in [7, 11) is -3.83. The monoisotopic (exact) mass is 371 g/mol. The molecule has 0 aromatic carbocycles. The van der Waals surface area contributed by atoms with Gasteiger partial charge in [-0.15, -0.1) is 0 Å². The zero-order valence-corrected chi connectivity index (χ0v) is 13.6. The van der Waals surface area contributed by atoms with Gasteiger partial charge in [0.1, 0.15) is 4.60 Å². The first-order chi connectivity index (χ1) is 10.0. The fourth-order valence-corrected chi connectivity index (χ4v) is 2.86. The second-order valence-electron chi connectivity index (χ2n) is 4.11. The number of nitrogens with one attached hydrogen (secondary N) is 2. The van der Waals surface area contributed by atoms with E-state index in [-0.39, 0.29) is 10.8 Å². The largest absolute Gasteiger partial charge is 0.383 e. The Morgan fingerprint density at radius 1 is 1.24 bits per heavy atom. The van der Waals surface area contributed by atoms with Crippen LogP contribution in [0, 0.1) is 0 Å². The van der Waals surface area contributed by atoms with E-state index in [2.05, 4.69) is 40.9 Å². The van der Waals surface area contributed by atoms with Crippen LogP contribution in [0.25, 0.3) is 0 Å². The first-order valence-corrected chi connectivity index (χ1v) is 8.50. The van der Waals surface area contributed by atoms with E-state index in [0.717, 1.165) is 6.42 Å². The smallest absolute Gasteiger partial charge is 0.282 e. The van der Waals surface area contributed by atoms with Crippen molar-refractivity contribution in [2.75, 3.05) is 16.6 Å². The van der Waals surface area contributed by atoms with Crippen molar-refractivity contribution < 1.29 is 8.42 Å². The molecule has 0 saturated heterocycles. The maximum absolute atomic E-state index is 12.4. The molecule has 7 nitrogen and oxygen atoms in total. The number of pyridine rings is 1. The maximum Gasteiger partial charge on any atom is 0.282 e. The van der Waals surface area contributed by atoms with E-state index in [1.54, 1.807) is 12.1 Å². The Kier molecular flexibility index (Phi) is 5.07. The van der Waals surface area contributed by atoms with Crippen LogP contribution in [0.3, 0.4) is 0 Å². The molecule has 0 amide bonds. The minimum Gasteiger partial charge on any atom is -0.383 e. The van der Waals surface area contributed by atoms with Crippen LogP contribution in [-0.2, 0) is 10.0 Å². The number of hydrogen-bond donors (Lipinski definition) is 2. The first-order valence-electron chi connectivity index (χ1n) is 6.22. The molecule has 0 saturated carbocycles. The minimum atomic E-state index is -3.83. The lowest BCUT2D eigenvalue weighted by atomic mass is 10.4. The van der Waals surface area contributed by atoms with E-state index in [0.29, 0.717) is 16.8 Å². The van der Waals surface area contributed by atoms with Gasteiger partial charge in [0.2, 0.25) is 0 Å². The molecule has 2 N–H and O–H groups in total. The fraction of sp³-hybridized carbons (Fsp3) is 0.250. The standard InChI is InChI=1S/C12H14BrN5O2S/c1-2-5-14-9-4-3-6-15-12(9)21(19,20)18-11-8-16-10(13)7-17-11/h3-4,6-8,14H,2,5H2,1H3,(H,17,18). The van der Waals surface area contributed by atoms with Gasteiger partial charge < -0.3 is 5.32 Å². The van der Waals surface area contributed by atoms with Crippen LogP contribution in [0.2, 0.25) is 0 Å². The van der Waals surface area contributed by atoms with Gasteiger partial charge in [0.05, 0.1) is 18.1 Å². The van der Waals surface area contributed by atoms with Gasteiger partial charge in [-0.1, -0.05) is 6.92 Å². The van der Waals surface area contributed by atoms with Crippen LogP contribution in [0.5, 0.6) is 0 Å². The summed E-state index contributed by atoms with van der Waals surface area (Å²) < 4.78 is 27.6. The van der Waals surface area contributed by atoms with E-state index >= 15 is 0 Å². The van der Waals surface area contributed by atoms with Gasteiger partial charge >= 0.3 is 0 Å². The Morgan fingerprint density at radius 2 is 2.05 bits per heavy atom. The topological polar surface area (TPSA) is 96.9 Å². The summed E-state index contributed by atoms with van der Waals surface area (Å²) in [5.74, 6) is 0.130. The normalized spacial score (nSPS) is 11.1. The Bertz CT molecular complexity index is 706. The maximum atomic E-state index is 12.4. The van der Waals surface area contributed by atoms with E-state index in [4.69, 9.17) is 0 Å². The molecular weight excluding hydrogens is 358 g/mol. The Balaban J connectivity index is 2.29. The molecule has 0 spiro atoms. The number of anilines is 2. The van der Waals surface area contributed by atoms with Crippen molar-refractivity contribution in [1.82, 2.24) is 15.0 Å². The summed E-state index contributed by atoms with van der Waals surface area (Å²) >= 11 is 3.14. The van der Waals surface area contributed by atoms with Crippen LogP contribution in [0.15, 0.2) is 40.4 Å². The van der Waals surface area contributed by atoms with Crippen molar-refractivity contribution >= 4 is 37.5 Å². The number of sulfonamides is 1. The minimum absolute atomic E-state index is 0.0665. The van der Waals surface area contributed by atoms with Gasteiger partial charge in [0.15, 0.2) is 10.8 Å². The predicted octanol–water partition coefficient (Wildman–Crippen LogP) is 2.26. The molecule has 2 aromatic rings. The van der Waals surface area contributed by atoms with E-state index in [1.165, 1.54) is 18.6 Å². The van der Waals surface area contributed by atoms with Crippen LogP contribution in [-0.4, -0.2) is 29.9 Å². The molecule has 0 aliphatic heterocycles. The van der Waals surface area contributed by atoms with Gasteiger partial charge in [0, 0.05) is 12.7 Å². The van der Waals surface area contributed by atoms with Crippen molar-refractivity contribution in [3.8, 4) is 0 Å². The van der Waals surface area contributed by atoms with Crippen molar-refractivity contribution in [2.45, 2.75) is 18.4 Å². The van der Waals surface area contributed by atoms with Crippen LogP contribution in [0.1, 0.15) is 13.3 Å². The lowest BCUT2D eigenvalue weighted by Gasteiger charge is -2.11. The summed E-state index contributed by atoms with van der Waals surface area (Å²) in [5.41, 5.74) is 0.455. The lowest BCUT2D eigenvalue weighted by molar-refractivity contribution is 0.597. The van der Waals surface area contributed by atoms with Gasteiger partial charge in [-0.2, -0.15) is 8.42 Å². The summed E-state index contributed by atoms with van der Waals surface area (Å²) in [6, 6.07) is 3.35. The first kappa shape index (κ1) is 15.6. The average molecular weight is 372 g/mol. The molecular formula is C12H14BrN5O2S. The van der Waals surface area contributed by atoms with Crippen molar-refractivity contribution in [3.63, 3.8) is 0 Å². The van der Waals surface area contributed by atoms with E-state index in [1.807, 2.05) is 6.92 Å². The third-order valence-corrected chi connectivity index (χ3v) is 4.17. The SMILES string of the molecule is CCCNc1cccnc1S(=O)(=O)Nc1cnc(Br)cn1.